The van der Waals surface area contributed by atoms with Gasteiger partial charge in [0, 0.05) is 13.2 Å². The summed E-state index contributed by atoms with van der Waals surface area (Å²) in [5.74, 6) is 0. The summed E-state index contributed by atoms with van der Waals surface area (Å²) in [6, 6.07) is 2.39. The van der Waals surface area contributed by atoms with Crippen molar-refractivity contribution >= 4 is 0 Å². The third kappa shape index (κ3) is 11.0. The molecule has 0 spiro atoms. The second-order valence-electron chi connectivity index (χ2n) is 5.50. The Balaban J connectivity index is 3.44. The minimum Gasteiger partial charge on any atom is -0.381 e. The Kier molecular flexibility index (Phi) is 12.1. The van der Waals surface area contributed by atoms with Gasteiger partial charge in [0.15, 0.2) is 0 Å². The zero-order valence-corrected chi connectivity index (χ0v) is 13.1. The van der Waals surface area contributed by atoms with Crippen molar-refractivity contribution in [2.24, 2.45) is 0 Å². The summed E-state index contributed by atoms with van der Waals surface area (Å²) < 4.78 is 5.61. The number of nitrogens with one attached hydrogen (secondary N) is 1. The molecule has 0 aromatic carbocycles. The van der Waals surface area contributed by atoms with E-state index in [4.69, 9.17) is 4.74 Å². The van der Waals surface area contributed by atoms with Gasteiger partial charge in [-0.15, -0.1) is 0 Å². The van der Waals surface area contributed by atoms with E-state index in [-0.39, 0.29) is 5.54 Å². The molecule has 0 saturated carbocycles. The van der Waals surface area contributed by atoms with Crippen LogP contribution in [0.3, 0.4) is 0 Å². The number of unbranched alkanes of at least 4 members (excludes halogenated alkanes) is 4. The maximum atomic E-state index is 9.19. The van der Waals surface area contributed by atoms with Gasteiger partial charge in [-0.25, -0.2) is 0 Å². The first kappa shape index (κ1) is 18.4. The van der Waals surface area contributed by atoms with Crippen molar-refractivity contribution in [3.8, 4) is 6.07 Å². The predicted octanol–water partition coefficient (Wildman–Crippen LogP) is 4.04. The molecular weight excluding hydrogens is 236 g/mol. The molecule has 0 aromatic rings. The molecule has 112 valence electrons. The number of rotatable bonds is 13. The molecular formula is C16H32N2O. The normalized spacial score (nSPS) is 14.0. The quantitative estimate of drug-likeness (QED) is 0.513. The van der Waals surface area contributed by atoms with E-state index in [1.165, 1.54) is 25.7 Å². The van der Waals surface area contributed by atoms with Gasteiger partial charge in [-0.2, -0.15) is 5.26 Å². The van der Waals surface area contributed by atoms with Crippen molar-refractivity contribution < 1.29 is 4.74 Å². The molecule has 0 fully saturated rings. The Morgan fingerprint density at radius 2 is 1.68 bits per heavy atom. The minimum atomic E-state index is -0.364. The molecule has 0 bridgehead atoms. The molecule has 0 aliphatic carbocycles. The average Bonchev–Trinajstić information content (AvgIpc) is 2.43. The monoisotopic (exact) mass is 268 g/mol. The summed E-state index contributed by atoms with van der Waals surface area (Å²) in [7, 11) is 0. The van der Waals surface area contributed by atoms with Gasteiger partial charge in [0.25, 0.3) is 0 Å². The molecule has 0 rings (SSSR count). The van der Waals surface area contributed by atoms with Gasteiger partial charge in [0.1, 0.15) is 5.54 Å². The van der Waals surface area contributed by atoms with Crippen molar-refractivity contribution in [1.82, 2.24) is 5.32 Å². The number of nitriles is 1. The summed E-state index contributed by atoms with van der Waals surface area (Å²) in [5, 5.41) is 12.5. The highest BCUT2D eigenvalue weighted by atomic mass is 16.5. The Morgan fingerprint density at radius 3 is 2.26 bits per heavy atom. The molecule has 19 heavy (non-hydrogen) atoms. The van der Waals surface area contributed by atoms with Crippen molar-refractivity contribution in [2.75, 3.05) is 19.8 Å². The van der Waals surface area contributed by atoms with E-state index in [2.05, 4.69) is 25.2 Å². The summed E-state index contributed by atoms with van der Waals surface area (Å²) in [5.41, 5.74) is -0.364. The van der Waals surface area contributed by atoms with Crippen LogP contribution in [-0.2, 0) is 4.74 Å². The van der Waals surface area contributed by atoms with E-state index >= 15 is 0 Å². The van der Waals surface area contributed by atoms with Gasteiger partial charge in [0.2, 0.25) is 0 Å². The van der Waals surface area contributed by atoms with Crippen LogP contribution in [0.25, 0.3) is 0 Å². The summed E-state index contributed by atoms with van der Waals surface area (Å²) in [4.78, 5) is 0. The van der Waals surface area contributed by atoms with Crippen LogP contribution in [-0.4, -0.2) is 25.3 Å². The van der Waals surface area contributed by atoms with E-state index in [0.29, 0.717) is 0 Å². The second-order valence-corrected chi connectivity index (χ2v) is 5.50. The van der Waals surface area contributed by atoms with Crippen molar-refractivity contribution in [2.45, 2.75) is 77.7 Å². The number of ether oxygens (including phenoxy) is 1. The maximum Gasteiger partial charge on any atom is 0.103 e. The van der Waals surface area contributed by atoms with Crippen LogP contribution in [0.15, 0.2) is 0 Å². The van der Waals surface area contributed by atoms with Gasteiger partial charge >= 0.3 is 0 Å². The summed E-state index contributed by atoms with van der Waals surface area (Å²) >= 11 is 0. The van der Waals surface area contributed by atoms with Crippen LogP contribution in [0, 0.1) is 11.3 Å². The van der Waals surface area contributed by atoms with Crippen molar-refractivity contribution in [1.29, 1.82) is 5.26 Å². The molecule has 0 aliphatic rings. The van der Waals surface area contributed by atoms with Gasteiger partial charge in [-0.05, 0) is 45.6 Å². The lowest BCUT2D eigenvalue weighted by Crippen LogP contribution is -2.41. The molecule has 0 aromatic heterocycles. The highest BCUT2D eigenvalue weighted by Gasteiger charge is 2.21. The van der Waals surface area contributed by atoms with Gasteiger partial charge in [-0.3, -0.25) is 5.32 Å². The molecule has 3 nitrogen and oxygen atoms in total. The highest BCUT2D eigenvalue weighted by Crippen LogP contribution is 2.13. The molecule has 0 amide bonds. The van der Waals surface area contributed by atoms with E-state index < -0.39 is 0 Å². The lowest BCUT2D eigenvalue weighted by molar-refractivity contribution is 0.124. The average molecular weight is 268 g/mol. The van der Waals surface area contributed by atoms with Crippen LogP contribution >= 0.6 is 0 Å². The summed E-state index contributed by atoms with van der Waals surface area (Å²) in [6.07, 6.45) is 9.13. The molecule has 0 aliphatic heterocycles. The second kappa shape index (κ2) is 12.4. The standard InChI is InChI=1S/C16H32N2O/c1-4-6-7-9-13-19-14-10-8-11-16(3,15-17)18-12-5-2/h18H,4-14H2,1-3H3. The topological polar surface area (TPSA) is 45.0 Å². The SMILES string of the molecule is CCCCCCOCCCCC(C)(C#N)NCCC. The number of hydrogen-bond donors (Lipinski definition) is 1. The summed E-state index contributed by atoms with van der Waals surface area (Å²) in [6.45, 7) is 8.98. The smallest absolute Gasteiger partial charge is 0.103 e. The van der Waals surface area contributed by atoms with Crippen LogP contribution in [0.1, 0.15) is 72.1 Å². The Hall–Kier alpha value is -0.590. The molecule has 1 atom stereocenters. The number of hydrogen-bond acceptors (Lipinski definition) is 3. The van der Waals surface area contributed by atoms with E-state index in [1.54, 1.807) is 0 Å². The third-order valence-corrected chi connectivity index (χ3v) is 3.37. The van der Waals surface area contributed by atoms with E-state index in [0.717, 1.165) is 45.4 Å². The first-order chi connectivity index (χ1) is 9.18. The molecule has 0 heterocycles. The van der Waals surface area contributed by atoms with Gasteiger partial charge < -0.3 is 4.74 Å². The van der Waals surface area contributed by atoms with Crippen LogP contribution < -0.4 is 5.32 Å². The van der Waals surface area contributed by atoms with Crippen LogP contribution in [0.4, 0.5) is 0 Å². The molecule has 1 N–H and O–H groups in total. The van der Waals surface area contributed by atoms with E-state index in [9.17, 15) is 5.26 Å². The van der Waals surface area contributed by atoms with Crippen LogP contribution in [0.5, 0.6) is 0 Å². The Morgan fingerprint density at radius 1 is 1.00 bits per heavy atom. The Bertz CT molecular complexity index is 237. The van der Waals surface area contributed by atoms with Crippen molar-refractivity contribution in [3.05, 3.63) is 0 Å². The third-order valence-electron chi connectivity index (χ3n) is 3.37. The lowest BCUT2D eigenvalue weighted by Gasteiger charge is -2.22. The van der Waals surface area contributed by atoms with Crippen molar-refractivity contribution in [3.63, 3.8) is 0 Å². The molecule has 3 heteroatoms. The molecule has 0 radical (unpaired) electrons. The number of nitrogens with zero attached hydrogens (tertiary/aromatic N) is 1. The zero-order chi connectivity index (χ0) is 14.4. The Labute approximate surface area is 119 Å². The zero-order valence-electron chi connectivity index (χ0n) is 13.1. The molecule has 0 saturated heterocycles. The predicted molar refractivity (Wildman–Crippen MR) is 81.1 cm³/mol. The first-order valence-electron chi connectivity index (χ1n) is 7.92. The first-order valence-corrected chi connectivity index (χ1v) is 7.92. The van der Waals surface area contributed by atoms with E-state index in [1.807, 2.05) is 6.92 Å². The highest BCUT2D eigenvalue weighted by molar-refractivity contribution is 5.03. The maximum absolute atomic E-state index is 9.19. The largest absolute Gasteiger partial charge is 0.381 e. The molecule has 1 unspecified atom stereocenters. The fourth-order valence-corrected chi connectivity index (χ4v) is 2.00. The van der Waals surface area contributed by atoms with Crippen LogP contribution in [0.2, 0.25) is 0 Å². The fraction of sp³-hybridized carbons (Fsp3) is 0.938. The lowest BCUT2D eigenvalue weighted by atomic mass is 9.96. The minimum absolute atomic E-state index is 0.364. The van der Waals surface area contributed by atoms with Gasteiger partial charge in [-0.1, -0.05) is 33.1 Å². The fourth-order valence-electron chi connectivity index (χ4n) is 2.00. The van der Waals surface area contributed by atoms with Gasteiger partial charge in [0.05, 0.1) is 6.07 Å².